The van der Waals surface area contributed by atoms with Gasteiger partial charge in [0.05, 0.1) is 22.3 Å². The Morgan fingerprint density at radius 3 is 2.55 bits per heavy atom. The van der Waals surface area contributed by atoms with E-state index in [0.717, 1.165) is 18.6 Å². The molecule has 4 N–H and O–H groups in total. The SMILES string of the molecule is Cc1nc(N)ncc1-c1ccc(C(F)(F)F)c(S(=O)(=O)N[C@H]2CCCC[C@@H]2O)c1. The van der Waals surface area contributed by atoms with Crippen LogP contribution in [0, 0.1) is 6.92 Å². The number of nitrogens with two attached hydrogens (primary N) is 1. The minimum Gasteiger partial charge on any atom is -0.391 e. The van der Waals surface area contributed by atoms with Crippen LogP contribution < -0.4 is 10.5 Å². The molecule has 1 fully saturated rings. The Labute approximate surface area is 166 Å². The molecule has 2 atom stereocenters. The number of nitrogen functional groups attached to an aromatic ring is 1. The lowest BCUT2D eigenvalue weighted by atomic mass is 9.93. The number of halogens is 3. The first-order valence-corrected chi connectivity index (χ1v) is 10.5. The Bertz CT molecular complexity index is 1010. The molecule has 1 aliphatic rings. The van der Waals surface area contributed by atoms with Gasteiger partial charge in [-0.1, -0.05) is 18.9 Å². The first-order valence-electron chi connectivity index (χ1n) is 9.00. The van der Waals surface area contributed by atoms with Crippen molar-refractivity contribution < 1.29 is 26.7 Å². The summed E-state index contributed by atoms with van der Waals surface area (Å²) < 4.78 is 68.5. The van der Waals surface area contributed by atoms with E-state index in [1.54, 1.807) is 6.92 Å². The highest BCUT2D eigenvalue weighted by Gasteiger charge is 2.39. The maximum Gasteiger partial charge on any atom is 0.417 e. The van der Waals surface area contributed by atoms with Crippen molar-refractivity contribution in [2.75, 3.05) is 5.73 Å². The molecule has 7 nitrogen and oxygen atoms in total. The fraction of sp³-hybridized carbons (Fsp3) is 0.444. The van der Waals surface area contributed by atoms with E-state index in [2.05, 4.69) is 14.7 Å². The van der Waals surface area contributed by atoms with Gasteiger partial charge in [0, 0.05) is 17.8 Å². The fourth-order valence-electron chi connectivity index (χ4n) is 3.43. The zero-order valence-electron chi connectivity index (χ0n) is 15.6. The van der Waals surface area contributed by atoms with Crippen molar-refractivity contribution in [3.05, 3.63) is 35.7 Å². The molecule has 11 heteroatoms. The predicted molar refractivity (Wildman–Crippen MR) is 100 cm³/mol. The number of rotatable bonds is 4. The standard InChI is InChI=1S/C18H21F3N4O3S/c1-10-12(9-23-17(22)24-10)11-6-7-13(18(19,20)21)16(8-11)29(27,28)25-14-4-2-3-5-15(14)26/h6-9,14-15,25-26H,2-5H2,1H3,(H2,22,23,24)/t14-,15-/m0/s1. The molecule has 0 aliphatic heterocycles. The molecule has 1 aliphatic carbocycles. The van der Waals surface area contributed by atoms with Gasteiger partial charge in [-0.3, -0.25) is 0 Å². The van der Waals surface area contributed by atoms with Crippen LogP contribution in [-0.4, -0.2) is 35.6 Å². The van der Waals surface area contributed by atoms with Gasteiger partial charge < -0.3 is 10.8 Å². The molecule has 3 rings (SSSR count). The maximum atomic E-state index is 13.5. The van der Waals surface area contributed by atoms with Gasteiger partial charge in [-0.15, -0.1) is 0 Å². The Hall–Kier alpha value is -2.24. The highest BCUT2D eigenvalue weighted by molar-refractivity contribution is 7.89. The lowest BCUT2D eigenvalue weighted by Crippen LogP contribution is -2.45. The van der Waals surface area contributed by atoms with E-state index in [1.165, 1.54) is 12.3 Å². The quantitative estimate of drug-likeness (QED) is 0.686. The number of alkyl halides is 3. The number of aryl methyl sites for hydroxylation is 1. The predicted octanol–water partition coefficient (Wildman–Crippen LogP) is 2.63. The highest BCUT2D eigenvalue weighted by Crippen LogP contribution is 2.37. The van der Waals surface area contributed by atoms with Gasteiger partial charge in [-0.2, -0.15) is 13.2 Å². The summed E-state index contributed by atoms with van der Waals surface area (Å²) in [4.78, 5) is 6.89. The number of nitrogens with zero attached hydrogens (tertiary/aromatic N) is 2. The van der Waals surface area contributed by atoms with Crippen molar-refractivity contribution in [3.63, 3.8) is 0 Å². The topological polar surface area (TPSA) is 118 Å². The third-order valence-corrected chi connectivity index (χ3v) is 6.45. The molecule has 2 aromatic rings. The molecule has 0 bridgehead atoms. The summed E-state index contributed by atoms with van der Waals surface area (Å²) >= 11 is 0. The van der Waals surface area contributed by atoms with E-state index in [1.807, 2.05) is 0 Å². The van der Waals surface area contributed by atoms with Crippen molar-refractivity contribution in [2.24, 2.45) is 0 Å². The van der Waals surface area contributed by atoms with E-state index in [4.69, 9.17) is 5.73 Å². The number of aliphatic hydroxyl groups excluding tert-OH is 1. The first-order chi connectivity index (χ1) is 13.5. The van der Waals surface area contributed by atoms with Crippen molar-refractivity contribution >= 4 is 16.0 Å². The van der Waals surface area contributed by atoms with E-state index < -0.39 is 38.8 Å². The molecule has 1 heterocycles. The smallest absolute Gasteiger partial charge is 0.391 e. The van der Waals surface area contributed by atoms with Crippen LogP contribution in [0.4, 0.5) is 19.1 Å². The van der Waals surface area contributed by atoms with Crippen molar-refractivity contribution in [3.8, 4) is 11.1 Å². The monoisotopic (exact) mass is 430 g/mol. The average molecular weight is 430 g/mol. The zero-order valence-corrected chi connectivity index (χ0v) is 16.4. The van der Waals surface area contributed by atoms with Crippen LogP contribution in [0.5, 0.6) is 0 Å². The third-order valence-electron chi connectivity index (χ3n) is 4.92. The van der Waals surface area contributed by atoms with Gasteiger partial charge in [0.25, 0.3) is 0 Å². The molecule has 0 radical (unpaired) electrons. The van der Waals surface area contributed by atoms with Crippen molar-refractivity contribution in [1.82, 2.24) is 14.7 Å². The zero-order chi connectivity index (χ0) is 21.4. The number of hydrogen-bond acceptors (Lipinski definition) is 6. The summed E-state index contributed by atoms with van der Waals surface area (Å²) in [6.07, 6.45) is -2.33. The van der Waals surface area contributed by atoms with Crippen LogP contribution in [0.1, 0.15) is 36.9 Å². The molecule has 1 aromatic heterocycles. The second-order valence-electron chi connectivity index (χ2n) is 7.02. The molecule has 29 heavy (non-hydrogen) atoms. The molecule has 1 saturated carbocycles. The molecular formula is C18H21F3N4O3S. The molecule has 0 amide bonds. The number of sulfonamides is 1. The summed E-state index contributed by atoms with van der Waals surface area (Å²) in [5.74, 6) is -0.000963. The van der Waals surface area contributed by atoms with E-state index >= 15 is 0 Å². The number of benzene rings is 1. The van der Waals surface area contributed by atoms with Gasteiger partial charge in [-0.25, -0.2) is 23.1 Å². The van der Waals surface area contributed by atoms with Crippen molar-refractivity contribution in [1.29, 1.82) is 0 Å². The van der Waals surface area contributed by atoms with Crippen LogP contribution in [-0.2, 0) is 16.2 Å². The number of hydrogen-bond donors (Lipinski definition) is 3. The van der Waals surface area contributed by atoms with Crippen LogP contribution in [0.3, 0.4) is 0 Å². The summed E-state index contributed by atoms with van der Waals surface area (Å²) in [5, 5.41) is 10.0. The molecule has 158 valence electrons. The molecule has 0 unspecified atom stereocenters. The molecule has 0 saturated heterocycles. The summed E-state index contributed by atoms with van der Waals surface area (Å²) in [6, 6.07) is 2.00. The lowest BCUT2D eigenvalue weighted by molar-refractivity contribution is -0.139. The first kappa shape index (κ1) is 21.5. The Morgan fingerprint density at radius 2 is 1.93 bits per heavy atom. The fourth-order valence-corrected chi connectivity index (χ4v) is 4.98. The Balaban J connectivity index is 2.09. The Kier molecular flexibility index (Phi) is 5.84. The Morgan fingerprint density at radius 1 is 1.24 bits per heavy atom. The van der Waals surface area contributed by atoms with E-state index in [9.17, 15) is 26.7 Å². The van der Waals surface area contributed by atoms with Crippen LogP contribution in [0.25, 0.3) is 11.1 Å². The van der Waals surface area contributed by atoms with Gasteiger partial charge in [-0.05, 0) is 37.5 Å². The second-order valence-corrected chi connectivity index (χ2v) is 8.70. The summed E-state index contributed by atoms with van der Waals surface area (Å²) in [7, 11) is -4.55. The number of anilines is 1. The highest BCUT2D eigenvalue weighted by atomic mass is 32.2. The van der Waals surface area contributed by atoms with E-state index in [0.29, 0.717) is 30.5 Å². The lowest BCUT2D eigenvalue weighted by Gasteiger charge is -2.28. The van der Waals surface area contributed by atoms with Gasteiger partial charge in [0.15, 0.2) is 0 Å². The summed E-state index contributed by atoms with van der Waals surface area (Å²) in [6.45, 7) is 1.59. The average Bonchev–Trinajstić information content (AvgIpc) is 2.62. The number of aliphatic hydroxyl groups is 1. The minimum absolute atomic E-state index is 0.000963. The van der Waals surface area contributed by atoms with E-state index in [-0.39, 0.29) is 11.5 Å². The van der Waals surface area contributed by atoms with Crippen LogP contribution in [0.2, 0.25) is 0 Å². The maximum absolute atomic E-state index is 13.5. The largest absolute Gasteiger partial charge is 0.417 e. The minimum atomic E-state index is -4.87. The normalized spacial score (nSPS) is 20.6. The number of nitrogens with one attached hydrogen (secondary N) is 1. The van der Waals surface area contributed by atoms with Crippen LogP contribution >= 0.6 is 0 Å². The van der Waals surface area contributed by atoms with Gasteiger partial charge >= 0.3 is 6.18 Å². The molecular weight excluding hydrogens is 409 g/mol. The van der Waals surface area contributed by atoms with Gasteiger partial charge in [0.1, 0.15) is 0 Å². The summed E-state index contributed by atoms with van der Waals surface area (Å²) in [5.41, 5.74) is 5.19. The molecule has 0 spiro atoms. The number of aromatic nitrogens is 2. The van der Waals surface area contributed by atoms with Crippen molar-refractivity contribution in [2.45, 2.75) is 55.8 Å². The van der Waals surface area contributed by atoms with Crippen LogP contribution in [0.15, 0.2) is 29.3 Å². The molecule has 1 aromatic carbocycles. The third kappa shape index (κ3) is 4.68. The van der Waals surface area contributed by atoms with Gasteiger partial charge in [0.2, 0.25) is 16.0 Å². The second kappa shape index (κ2) is 7.88.